The monoisotopic (exact) mass is 242 g/mol. The van der Waals surface area contributed by atoms with Gasteiger partial charge in [-0.05, 0) is 24.5 Å². The van der Waals surface area contributed by atoms with Gasteiger partial charge in [-0.15, -0.1) is 5.10 Å². The molecule has 0 aliphatic carbocycles. The highest BCUT2D eigenvalue weighted by atomic mass is 16.2. The van der Waals surface area contributed by atoms with Gasteiger partial charge in [-0.3, -0.25) is 9.48 Å². The maximum absolute atomic E-state index is 12.4. The van der Waals surface area contributed by atoms with Gasteiger partial charge < -0.3 is 4.90 Å². The standard InChI is InChI=1S/C13H14N4O/c1-16-9-11(14-15-16)13(18)17-8-4-6-10-5-2-3-7-12(10)17/h2-3,5,7,9H,4,6,8H2,1H3. The molecule has 1 aromatic heterocycles. The molecule has 5 heteroatoms. The number of carbonyl (C=O) groups is 1. The second kappa shape index (κ2) is 4.25. The molecule has 92 valence electrons. The Kier molecular flexibility index (Phi) is 2.59. The molecule has 1 amide bonds. The number of nitrogens with zero attached hydrogens (tertiary/aromatic N) is 4. The van der Waals surface area contributed by atoms with Crippen molar-refractivity contribution in [2.24, 2.45) is 7.05 Å². The highest BCUT2D eigenvalue weighted by Gasteiger charge is 2.24. The van der Waals surface area contributed by atoms with Gasteiger partial charge in [-0.1, -0.05) is 23.4 Å². The van der Waals surface area contributed by atoms with Crippen molar-refractivity contribution >= 4 is 11.6 Å². The molecule has 0 saturated heterocycles. The average Bonchev–Trinajstić information content (AvgIpc) is 2.84. The lowest BCUT2D eigenvalue weighted by atomic mass is 10.0. The third-order valence-electron chi connectivity index (χ3n) is 3.18. The molecule has 0 atom stereocenters. The Labute approximate surface area is 105 Å². The van der Waals surface area contributed by atoms with Crippen LogP contribution >= 0.6 is 0 Å². The first kappa shape index (κ1) is 11.0. The second-order valence-electron chi connectivity index (χ2n) is 4.47. The first-order valence-corrected chi connectivity index (χ1v) is 6.02. The summed E-state index contributed by atoms with van der Waals surface area (Å²) in [5.41, 5.74) is 2.62. The quantitative estimate of drug-likeness (QED) is 0.759. The first-order valence-electron chi connectivity index (χ1n) is 6.02. The van der Waals surface area contributed by atoms with E-state index in [1.165, 1.54) is 5.56 Å². The van der Waals surface area contributed by atoms with Gasteiger partial charge in [0.25, 0.3) is 5.91 Å². The topological polar surface area (TPSA) is 51.0 Å². The lowest BCUT2D eigenvalue weighted by molar-refractivity contribution is 0.0980. The number of anilines is 1. The van der Waals surface area contributed by atoms with Crippen LogP contribution in [-0.4, -0.2) is 27.4 Å². The zero-order valence-corrected chi connectivity index (χ0v) is 10.2. The van der Waals surface area contributed by atoms with Crippen molar-refractivity contribution < 1.29 is 4.79 Å². The molecule has 0 unspecified atom stereocenters. The minimum atomic E-state index is -0.0738. The van der Waals surface area contributed by atoms with Crippen LogP contribution in [0.2, 0.25) is 0 Å². The van der Waals surface area contributed by atoms with Crippen molar-refractivity contribution in [1.82, 2.24) is 15.0 Å². The predicted octanol–water partition coefficient (Wildman–Crippen LogP) is 1.41. The van der Waals surface area contributed by atoms with Crippen LogP contribution in [0.4, 0.5) is 5.69 Å². The van der Waals surface area contributed by atoms with Crippen LogP contribution in [-0.2, 0) is 13.5 Å². The summed E-state index contributed by atoms with van der Waals surface area (Å²) in [6.45, 7) is 0.742. The van der Waals surface area contributed by atoms with E-state index in [0.717, 1.165) is 25.1 Å². The van der Waals surface area contributed by atoms with Crippen molar-refractivity contribution in [2.45, 2.75) is 12.8 Å². The average molecular weight is 242 g/mol. The largest absolute Gasteiger partial charge is 0.307 e. The summed E-state index contributed by atoms with van der Waals surface area (Å²) in [7, 11) is 1.76. The molecule has 1 aliphatic heterocycles. The van der Waals surface area contributed by atoms with Gasteiger partial charge in [0.2, 0.25) is 0 Å². The highest BCUT2D eigenvalue weighted by Crippen LogP contribution is 2.27. The molecule has 2 aromatic rings. The molecule has 0 radical (unpaired) electrons. The Morgan fingerprint density at radius 2 is 2.17 bits per heavy atom. The Hall–Kier alpha value is -2.17. The van der Waals surface area contributed by atoms with Gasteiger partial charge in [-0.2, -0.15) is 0 Å². The Morgan fingerprint density at radius 3 is 2.94 bits per heavy atom. The van der Waals surface area contributed by atoms with Gasteiger partial charge >= 0.3 is 0 Å². The summed E-state index contributed by atoms with van der Waals surface area (Å²) in [6, 6.07) is 8.03. The zero-order chi connectivity index (χ0) is 12.5. The third kappa shape index (κ3) is 1.77. The summed E-state index contributed by atoms with van der Waals surface area (Å²) in [5.74, 6) is -0.0738. The summed E-state index contributed by atoms with van der Waals surface area (Å²) < 4.78 is 1.54. The second-order valence-corrected chi connectivity index (χ2v) is 4.47. The number of aryl methyl sites for hydroxylation is 2. The number of aromatic nitrogens is 3. The molecular formula is C13H14N4O. The Morgan fingerprint density at radius 1 is 1.33 bits per heavy atom. The molecule has 0 bridgehead atoms. The van der Waals surface area contributed by atoms with E-state index in [1.54, 1.807) is 22.8 Å². The predicted molar refractivity (Wildman–Crippen MR) is 67.4 cm³/mol. The molecule has 1 aromatic carbocycles. The first-order chi connectivity index (χ1) is 8.75. The maximum Gasteiger partial charge on any atom is 0.280 e. The minimum Gasteiger partial charge on any atom is -0.307 e. The van der Waals surface area contributed by atoms with E-state index >= 15 is 0 Å². The van der Waals surface area contributed by atoms with Gasteiger partial charge in [0.15, 0.2) is 5.69 Å². The lowest BCUT2D eigenvalue weighted by Crippen LogP contribution is -2.35. The lowest BCUT2D eigenvalue weighted by Gasteiger charge is -2.28. The zero-order valence-electron chi connectivity index (χ0n) is 10.2. The van der Waals surface area contributed by atoms with E-state index in [2.05, 4.69) is 16.4 Å². The number of rotatable bonds is 1. The van der Waals surface area contributed by atoms with Crippen LogP contribution < -0.4 is 4.90 Å². The number of benzene rings is 1. The Balaban J connectivity index is 1.96. The van der Waals surface area contributed by atoms with Gasteiger partial charge in [0.05, 0.1) is 6.20 Å². The van der Waals surface area contributed by atoms with Crippen molar-refractivity contribution in [1.29, 1.82) is 0 Å². The number of para-hydroxylation sites is 1. The smallest absolute Gasteiger partial charge is 0.280 e. The molecule has 3 rings (SSSR count). The number of hydrogen-bond donors (Lipinski definition) is 0. The number of hydrogen-bond acceptors (Lipinski definition) is 3. The van der Waals surface area contributed by atoms with Crippen molar-refractivity contribution in [3.05, 3.63) is 41.7 Å². The summed E-state index contributed by atoms with van der Waals surface area (Å²) >= 11 is 0. The van der Waals surface area contributed by atoms with E-state index in [4.69, 9.17) is 0 Å². The molecular weight excluding hydrogens is 228 g/mol. The van der Waals surface area contributed by atoms with Gasteiger partial charge in [0.1, 0.15) is 0 Å². The summed E-state index contributed by atoms with van der Waals surface area (Å²) in [4.78, 5) is 14.2. The third-order valence-corrected chi connectivity index (χ3v) is 3.18. The SMILES string of the molecule is Cn1cc(C(=O)N2CCCc3ccccc32)nn1. The van der Waals surface area contributed by atoms with E-state index in [0.29, 0.717) is 5.69 Å². The molecule has 0 spiro atoms. The van der Waals surface area contributed by atoms with Crippen LogP contribution in [0.3, 0.4) is 0 Å². The molecule has 0 saturated carbocycles. The molecule has 18 heavy (non-hydrogen) atoms. The molecule has 2 heterocycles. The summed E-state index contributed by atoms with van der Waals surface area (Å²) in [5, 5.41) is 7.69. The van der Waals surface area contributed by atoms with Gasteiger partial charge in [-0.25, -0.2) is 0 Å². The van der Waals surface area contributed by atoms with Gasteiger partial charge in [0, 0.05) is 19.3 Å². The highest BCUT2D eigenvalue weighted by molar-refractivity contribution is 6.05. The van der Waals surface area contributed by atoms with Crippen LogP contribution in [0.5, 0.6) is 0 Å². The maximum atomic E-state index is 12.4. The molecule has 5 nitrogen and oxygen atoms in total. The van der Waals surface area contributed by atoms with E-state index in [9.17, 15) is 4.79 Å². The number of carbonyl (C=O) groups excluding carboxylic acids is 1. The van der Waals surface area contributed by atoms with Crippen LogP contribution in [0.25, 0.3) is 0 Å². The number of amides is 1. The van der Waals surface area contributed by atoms with E-state index < -0.39 is 0 Å². The summed E-state index contributed by atoms with van der Waals surface area (Å²) in [6.07, 6.45) is 3.67. The molecule has 0 fully saturated rings. The fraction of sp³-hybridized carbons (Fsp3) is 0.308. The van der Waals surface area contributed by atoms with E-state index in [-0.39, 0.29) is 5.91 Å². The van der Waals surface area contributed by atoms with Crippen LogP contribution in [0, 0.1) is 0 Å². The van der Waals surface area contributed by atoms with Crippen molar-refractivity contribution in [3.8, 4) is 0 Å². The molecule has 0 N–H and O–H groups in total. The van der Waals surface area contributed by atoms with Crippen molar-refractivity contribution in [3.63, 3.8) is 0 Å². The molecule has 1 aliphatic rings. The van der Waals surface area contributed by atoms with Crippen molar-refractivity contribution in [2.75, 3.05) is 11.4 Å². The Bertz CT molecular complexity index is 590. The van der Waals surface area contributed by atoms with Crippen LogP contribution in [0.15, 0.2) is 30.5 Å². The van der Waals surface area contributed by atoms with E-state index in [1.807, 2.05) is 18.2 Å². The number of fused-ring (bicyclic) bond motifs is 1. The normalized spacial score (nSPS) is 14.4. The minimum absolute atomic E-state index is 0.0738. The fourth-order valence-corrected chi connectivity index (χ4v) is 2.33. The van der Waals surface area contributed by atoms with Crippen LogP contribution in [0.1, 0.15) is 22.5 Å². The fourth-order valence-electron chi connectivity index (χ4n) is 2.33.